The van der Waals surface area contributed by atoms with Gasteiger partial charge in [-0.25, -0.2) is 0 Å². The molecule has 1 saturated carbocycles. The molecule has 1 aliphatic rings. The van der Waals surface area contributed by atoms with E-state index in [4.69, 9.17) is 0 Å². The molecule has 1 nitrogen and oxygen atoms in total. The maximum absolute atomic E-state index is 12.4. The van der Waals surface area contributed by atoms with Crippen molar-refractivity contribution in [2.24, 2.45) is 17.8 Å². The van der Waals surface area contributed by atoms with Crippen LogP contribution in [0, 0.1) is 24.7 Å². The molecule has 1 aromatic rings. The van der Waals surface area contributed by atoms with Gasteiger partial charge in [0.25, 0.3) is 0 Å². The molecule has 1 heterocycles. The normalized spacial score (nSPS) is 25.2. The van der Waals surface area contributed by atoms with Gasteiger partial charge in [-0.1, -0.05) is 13.8 Å². The van der Waals surface area contributed by atoms with Crippen LogP contribution in [0.15, 0.2) is 11.4 Å². The Labute approximate surface area is 108 Å². The van der Waals surface area contributed by atoms with Crippen molar-refractivity contribution < 1.29 is 4.79 Å². The molecule has 0 amide bonds. The van der Waals surface area contributed by atoms with Crippen molar-refractivity contribution >= 4 is 17.1 Å². The van der Waals surface area contributed by atoms with Crippen LogP contribution in [0.3, 0.4) is 0 Å². The molecule has 2 rings (SSSR count). The molecule has 0 atom stereocenters. The van der Waals surface area contributed by atoms with Crippen molar-refractivity contribution in [1.82, 2.24) is 0 Å². The highest BCUT2D eigenvalue weighted by molar-refractivity contribution is 7.12. The third kappa shape index (κ3) is 2.79. The Morgan fingerprint density at radius 2 is 1.94 bits per heavy atom. The van der Waals surface area contributed by atoms with Crippen LogP contribution in [0.1, 0.15) is 54.8 Å². The van der Waals surface area contributed by atoms with Crippen LogP contribution in [0.5, 0.6) is 0 Å². The SMILES string of the molecule is Cc1ccsc1C(=O)C1CCC(C(C)C)CC1. The second kappa shape index (κ2) is 5.34. The molecule has 0 aliphatic heterocycles. The van der Waals surface area contributed by atoms with Gasteiger partial charge in [-0.3, -0.25) is 4.79 Å². The lowest BCUT2D eigenvalue weighted by Crippen LogP contribution is -2.24. The minimum absolute atomic E-state index is 0.294. The molecule has 0 aromatic carbocycles. The Morgan fingerprint density at radius 3 is 2.41 bits per heavy atom. The summed E-state index contributed by atoms with van der Waals surface area (Å²) in [6.07, 6.45) is 4.66. The smallest absolute Gasteiger partial charge is 0.176 e. The van der Waals surface area contributed by atoms with Crippen molar-refractivity contribution in [3.8, 4) is 0 Å². The van der Waals surface area contributed by atoms with Crippen LogP contribution >= 0.6 is 11.3 Å². The first-order chi connectivity index (χ1) is 8.09. The standard InChI is InChI=1S/C15H22OS/c1-10(2)12-4-6-13(7-5-12)14(16)15-11(3)8-9-17-15/h8-10,12-13H,4-7H2,1-3H3. The lowest BCUT2D eigenvalue weighted by Gasteiger charge is -2.30. The maximum atomic E-state index is 12.4. The summed E-state index contributed by atoms with van der Waals surface area (Å²) in [6.45, 7) is 6.65. The van der Waals surface area contributed by atoms with Gasteiger partial charge in [0.2, 0.25) is 0 Å². The Bertz CT molecular complexity index is 383. The van der Waals surface area contributed by atoms with E-state index in [2.05, 4.69) is 19.9 Å². The summed E-state index contributed by atoms with van der Waals surface area (Å²) >= 11 is 1.61. The summed E-state index contributed by atoms with van der Waals surface area (Å²) in [6, 6.07) is 2.05. The van der Waals surface area contributed by atoms with E-state index in [-0.39, 0.29) is 0 Å². The lowest BCUT2D eigenvalue weighted by atomic mass is 9.75. The maximum Gasteiger partial charge on any atom is 0.176 e. The molecule has 1 fully saturated rings. The number of ketones is 1. The zero-order chi connectivity index (χ0) is 12.4. The van der Waals surface area contributed by atoms with E-state index < -0.39 is 0 Å². The summed E-state index contributed by atoms with van der Waals surface area (Å²) in [5.41, 5.74) is 1.16. The van der Waals surface area contributed by atoms with E-state index >= 15 is 0 Å². The predicted octanol–water partition coefficient (Wildman–Crippen LogP) is 4.70. The van der Waals surface area contributed by atoms with Crippen molar-refractivity contribution in [3.63, 3.8) is 0 Å². The fourth-order valence-corrected chi connectivity index (χ4v) is 3.80. The van der Waals surface area contributed by atoms with Crippen molar-refractivity contribution in [1.29, 1.82) is 0 Å². The fourth-order valence-electron chi connectivity index (χ4n) is 2.86. The van der Waals surface area contributed by atoms with E-state index in [0.717, 1.165) is 35.1 Å². The van der Waals surface area contributed by atoms with Gasteiger partial charge in [-0.2, -0.15) is 0 Å². The molecule has 1 aromatic heterocycles. The second-order valence-corrected chi connectivity index (χ2v) is 6.57. The number of carbonyl (C=O) groups is 1. The highest BCUT2D eigenvalue weighted by Gasteiger charge is 2.29. The molecule has 0 bridgehead atoms. The third-order valence-corrected chi connectivity index (χ3v) is 5.20. The number of hydrogen-bond acceptors (Lipinski definition) is 2. The largest absolute Gasteiger partial charge is 0.293 e. The van der Waals surface area contributed by atoms with Crippen LogP contribution in [0.2, 0.25) is 0 Å². The van der Waals surface area contributed by atoms with Crippen LogP contribution in [0.25, 0.3) is 0 Å². The Kier molecular flexibility index (Phi) is 4.03. The van der Waals surface area contributed by atoms with Gasteiger partial charge in [-0.15, -0.1) is 11.3 Å². The van der Waals surface area contributed by atoms with Crippen molar-refractivity contribution in [3.05, 3.63) is 21.9 Å². The molecule has 0 radical (unpaired) electrons. The van der Waals surface area contributed by atoms with Crippen molar-refractivity contribution in [2.75, 3.05) is 0 Å². The topological polar surface area (TPSA) is 17.1 Å². The zero-order valence-corrected chi connectivity index (χ0v) is 11.8. The molecule has 0 unspecified atom stereocenters. The lowest BCUT2D eigenvalue weighted by molar-refractivity contribution is 0.0863. The van der Waals surface area contributed by atoms with E-state index in [1.54, 1.807) is 11.3 Å². The minimum Gasteiger partial charge on any atom is -0.293 e. The Morgan fingerprint density at radius 1 is 1.29 bits per heavy atom. The number of thiophene rings is 1. The molecule has 0 spiro atoms. The highest BCUT2D eigenvalue weighted by atomic mass is 32.1. The first kappa shape index (κ1) is 12.8. The van der Waals surface area contributed by atoms with Crippen molar-refractivity contribution in [2.45, 2.75) is 46.5 Å². The summed E-state index contributed by atoms with van der Waals surface area (Å²) in [5.74, 6) is 2.31. The van der Waals surface area contributed by atoms with Gasteiger partial charge in [-0.05, 0) is 61.5 Å². The van der Waals surface area contributed by atoms with Gasteiger partial charge in [0.1, 0.15) is 0 Å². The molecule has 1 aliphatic carbocycles. The Balaban J connectivity index is 1.98. The third-order valence-electron chi connectivity index (χ3n) is 4.17. The van der Waals surface area contributed by atoms with Gasteiger partial charge in [0.05, 0.1) is 4.88 Å². The minimum atomic E-state index is 0.294. The van der Waals surface area contributed by atoms with Crippen LogP contribution in [0.4, 0.5) is 0 Å². The van der Waals surface area contributed by atoms with E-state index in [9.17, 15) is 4.79 Å². The highest BCUT2D eigenvalue weighted by Crippen LogP contribution is 2.35. The molecule has 94 valence electrons. The molecular weight excluding hydrogens is 228 g/mol. The first-order valence-electron chi connectivity index (χ1n) is 6.68. The van der Waals surface area contributed by atoms with Gasteiger partial charge < -0.3 is 0 Å². The predicted molar refractivity (Wildman–Crippen MR) is 73.7 cm³/mol. The zero-order valence-electron chi connectivity index (χ0n) is 11.0. The molecule has 0 saturated heterocycles. The van der Waals surface area contributed by atoms with Crippen LogP contribution in [-0.4, -0.2) is 5.78 Å². The number of hydrogen-bond donors (Lipinski definition) is 0. The van der Waals surface area contributed by atoms with Gasteiger partial charge >= 0.3 is 0 Å². The quantitative estimate of drug-likeness (QED) is 0.711. The molecular formula is C15H22OS. The van der Waals surface area contributed by atoms with Gasteiger partial charge in [0.15, 0.2) is 5.78 Å². The summed E-state index contributed by atoms with van der Waals surface area (Å²) in [5, 5.41) is 2.03. The first-order valence-corrected chi connectivity index (χ1v) is 7.56. The van der Waals surface area contributed by atoms with E-state index in [1.165, 1.54) is 12.8 Å². The van der Waals surface area contributed by atoms with Crippen LogP contribution < -0.4 is 0 Å². The van der Waals surface area contributed by atoms with E-state index in [1.807, 2.05) is 12.3 Å². The summed E-state index contributed by atoms with van der Waals surface area (Å²) in [4.78, 5) is 13.4. The average molecular weight is 250 g/mol. The number of rotatable bonds is 3. The molecule has 0 N–H and O–H groups in total. The molecule has 17 heavy (non-hydrogen) atoms. The van der Waals surface area contributed by atoms with Crippen LogP contribution in [-0.2, 0) is 0 Å². The molecule has 2 heteroatoms. The summed E-state index contributed by atoms with van der Waals surface area (Å²) in [7, 11) is 0. The Hall–Kier alpha value is -0.630. The van der Waals surface area contributed by atoms with E-state index in [0.29, 0.717) is 11.7 Å². The number of Topliss-reactive ketones (excluding diaryl/α,β-unsaturated/α-hetero) is 1. The second-order valence-electron chi connectivity index (χ2n) is 5.65. The number of aryl methyl sites for hydroxylation is 1. The monoisotopic (exact) mass is 250 g/mol. The summed E-state index contributed by atoms with van der Waals surface area (Å²) < 4.78 is 0. The van der Waals surface area contributed by atoms with Gasteiger partial charge in [0, 0.05) is 5.92 Å². The average Bonchev–Trinajstić information content (AvgIpc) is 2.74. The number of carbonyl (C=O) groups excluding carboxylic acids is 1. The fraction of sp³-hybridized carbons (Fsp3) is 0.667.